The Hall–Kier alpha value is -1.66. The largest absolute Gasteiger partial charge is 0.365 e. The van der Waals surface area contributed by atoms with E-state index in [0.717, 1.165) is 29.1 Å². The molecule has 0 bridgehead atoms. The second kappa shape index (κ2) is 4.43. The fraction of sp³-hybridized carbons (Fsp3) is 0.429. The summed E-state index contributed by atoms with van der Waals surface area (Å²) in [4.78, 5) is 22.2. The quantitative estimate of drug-likeness (QED) is 0.924. The topological polar surface area (TPSA) is 62.5 Å². The van der Waals surface area contributed by atoms with Crippen molar-refractivity contribution in [3.63, 3.8) is 0 Å². The summed E-state index contributed by atoms with van der Waals surface area (Å²) < 4.78 is 0. The van der Waals surface area contributed by atoms with Crippen molar-refractivity contribution in [3.05, 3.63) is 23.1 Å². The summed E-state index contributed by atoms with van der Waals surface area (Å²) in [5.41, 5.74) is 5.31. The summed E-state index contributed by atoms with van der Waals surface area (Å²) in [5.74, 6) is 0.628. The molecular formula is C14H16N4OS. The Kier molecular flexibility index (Phi) is 2.68. The molecule has 0 spiro atoms. The van der Waals surface area contributed by atoms with Crippen molar-refractivity contribution in [1.82, 2.24) is 9.88 Å². The molecule has 0 aliphatic carbocycles. The number of rotatable bonds is 3. The van der Waals surface area contributed by atoms with Gasteiger partial charge in [0.2, 0.25) is 0 Å². The van der Waals surface area contributed by atoms with Crippen LogP contribution in [0.15, 0.2) is 18.2 Å². The molecule has 4 rings (SSSR count). The van der Waals surface area contributed by atoms with Gasteiger partial charge >= 0.3 is 0 Å². The number of carbonyl (C=O) groups is 1. The van der Waals surface area contributed by atoms with Gasteiger partial charge < -0.3 is 10.6 Å². The number of hydrogen-bond donors (Lipinski definition) is 1. The first-order valence-corrected chi connectivity index (χ1v) is 7.72. The monoisotopic (exact) mass is 288 g/mol. The van der Waals surface area contributed by atoms with Crippen LogP contribution in [0.25, 0.3) is 10.2 Å². The molecule has 2 fully saturated rings. The molecule has 6 heteroatoms. The number of fused-ring (bicyclic) bond motifs is 1. The maximum atomic E-state index is 11.2. The van der Waals surface area contributed by atoms with E-state index >= 15 is 0 Å². The minimum atomic E-state index is -0.378. The van der Waals surface area contributed by atoms with Crippen LogP contribution in [-0.4, -0.2) is 48.0 Å². The maximum Gasteiger partial charge on any atom is 0.258 e. The molecule has 20 heavy (non-hydrogen) atoms. The first kappa shape index (κ1) is 12.1. The lowest BCUT2D eigenvalue weighted by Gasteiger charge is -2.49. The highest BCUT2D eigenvalue weighted by molar-refractivity contribution is 7.20. The molecule has 4 heterocycles. The van der Waals surface area contributed by atoms with Gasteiger partial charge in [-0.3, -0.25) is 9.69 Å². The summed E-state index contributed by atoms with van der Waals surface area (Å²) in [6, 6.07) is 6.58. The van der Waals surface area contributed by atoms with E-state index in [1.165, 1.54) is 30.8 Å². The zero-order chi connectivity index (χ0) is 13.7. The number of hydrogen-bond acceptors (Lipinski definition) is 5. The number of primary amides is 1. The molecule has 2 aliphatic rings. The van der Waals surface area contributed by atoms with Crippen molar-refractivity contribution >= 4 is 33.3 Å². The molecule has 2 N–H and O–H groups in total. The highest BCUT2D eigenvalue weighted by Gasteiger charge is 2.34. The number of carbonyl (C=O) groups excluding carboxylic acids is 1. The fourth-order valence-corrected chi connectivity index (χ4v) is 3.66. The van der Waals surface area contributed by atoms with Crippen LogP contribution in [0.2, 0.25) is 0 Å². The number of thiophene rings is 1. The summed E-state index contributed by atoms with van der Waals surface area (Å²) in [6.07, 6.45) is 1.34. The summed E-state index contributed by atoms with van der Waals surface area (Å²) >= 11 is 1.37. The van der Waals surface area contributed by atoms with Crippen LogP contribution in [-0.2, 0) is 0 Å². The maximum absolute atomic E-state index is 11.2. The van der Waals surface area contributed by atoms with Crippen LogP contribution in [0.3, 0.4) is 0 Å². The first-order chi connectivity index (χ1) is 9.70. The van der Waals surface area contributed by atoms with Crippen molar-refractivity contribution in [2.45, 2.75) is 12.5 Å². The van der Waals surface area contributed by atoms with Crippen molar-refractivity contribution in [1.29, 1.82) is 0 Å². The Balaban J connectivity index is 1.54. The molecule has 2 saturated heterocycles. The van der Waals surface area contributed by atoms with Gasteiger partial charge in [-0.05, 0) is 37.7 Å². The van der Waals surface area contributed by atoms with E-state index < -0.39 is 0 Å². The normalized spacial score (nSPS) is 19.9. The SMILES string of the molecule is NC(=O)c1cc2ccc(N3CC(N4CCC4)C3)nc2s1. The van der Waals surface area contributed by atoms with Gasteiger partial charge in [-0.1, -0.05) is 0 Å². The van der Waals surface area contributed by atoms with Crippen LogP contribution in [0.5, 0.6) is 0 Å². The fourth-order valence-electron chi connectivity index (χ4n) is 2.78. The summed E-state index contributed by atoms with van der Waals surface area (Å²) in [5, 5.41) is 0.993. The average Bonchev–Trinajstić information content (AvgIpc) is 2.73. The standard InChI is InChI=1S/C14H16N4OS/c15-13(19)11-6-9-2-3-12(16-14(9)20-11)18-7-10(8-18)17-4-1-5-17/h2-3,6,10H,1,4-5,7-8H2,(H2,15,19). The van der Waals surface area contributed by atoms with Crippen LogP contribution in [0.4, 0.5) is 5.82 Å². The average molecular weight is 288 g/mol. The number of pyridine rings is 1. The Morgan fingerprint density at radius 1 is 1.35 bits per heavy atom. The van der Waals surface area contributed by atoms with Gasteiger partial charge in [0, 0.05) is 24.5 Å². The number of likely N-dealkylation sites (tertiary alicyclic amines) is 1. The van der Waals surface area contributed by atoms with Gasteiger partial charge in [0.05, 0.1) is 4.88 Å². The van der Waals surface area contributed by atoms with Gasteiger partial charge in [-0.2, -0.15) is 0 Å². The minimum absolute atomic E-state index is 0.378. The van der Waals surface area contributed by atoms with Crippen molar-refractivity contribution < 1.29 is 4.79 Å². The molecule has 104 valence electrons. The van der Waals surface area contributed by atoms with Gasteiger partial charge in [0.25, 0.3) is 5.91 Å². The second-order valence-corrected chi connectivity index (χ2v) is 6.52. The molecule has 1 amide bonds. The molecule has 0 saturated carbocycles. The van der Waals surface area contributed by atoms with E-state index in [9.17, 15) is 4.79 Å². The number of amides is 1. The number of aromatic nitrogens is 1. The molecule has 2 aromatic heterocycles. The molecule has 0 atom stereocenters. The molecule has 0 unspecified atom stereocenters. The predicted molar refractivity (Wildman–Crippen MR) is 80.3 cm³/mol. The third-order valence-electron chi connectivity index (χ3n) is 4.20. The smallest absolute Gasteiger partial charge is 0.258 e. The number of nitrogens with two attached hydrogens (primary N) is 1. The predicted octanol–water partition coefficient (Wildman–Crippen LogP) is 1.29. The van der Waals surface area contributed by atoms with E-state index in [2.05, 4.69) is 14.8 Å². The van der Waals surface area contributed by atoms with E-state index in [1.807, 2.05) is 18.2 Å². The third kappa shape index (κ3) is 1.87. The summed E-state index contributed by atoms with van der Waals surface area (Å²) in [7, 11) is 0. The Morgan fingerprint density at radius 2 is 2.15 bits per heavy atom. The lowest BCUT2D eigenvalue weighted by atomic mass is 10.0. The summed E-state index contributed by atoms with van der Waals surface area (Å²) in [6.45, 7) is 4.62. The minimum Gasteiger partial charge on any atom is -0.365 e. The van der Waals surface area contributed by atoms with E-state index in [1.54, 1.807) is 0 Å². The highest BCUT2D eigenvalue weighted by atomic mass is 32.1. The zero-order valence-corrected chi connectivity index (χ0v) is 11.9. The lowest BCUT2D eigenvalue weighted by molar-refractivity contribution is 0.0974. The van der Waals surface area contributed by atoms with E-state index in [4.69, 9.17) is 5.73 Å². The van der Waals surface area contributed by atoms with Gasteiger partial charge in [-0.25, -0.2) is 4.98 Å². The molecule has 2 aromatic rings. The van der Waals surface area contributed by atoms with Gasteiger partial charge in [0.1, 0.15) is 10.6 Å². The Morgan fingerprint density at radius 3 is 2.80 bits per heavy atom. The van der Waals surface area contributed by atoms with E-state index in [0.29, 0.717) is 10.9 Å². The number of anilines is 1. The van der Waals surface area contributed by atoms with Crippen molar-refractivity contribution in [3.8, 4) is 0 Å². The first-order valence-electron chi connectivity index (χ1n) is 6.90. The van der Waals surface area contributed by atoms with Crippen LogP contribution < -0.4 is 10.6 Å². The van der Waals surface area contributed by atoms with Gasteiger partial charge in [-0.15, -0.1) is 11.3 Å². The van der Waals surface area contributed by atoms with Crippen LogP contribution in [0, 0.1) is 0 Å². The van der Waals surface area contributed by atoms with Crippen molar-refractivity contribution in [2.75, 3.05) is 31.1 Å². The number of nitrogens with zero attached hydrogens (tertiary/aromatic N) is 3. The Bertz CT molecular complexity index is 673. The third-order valence-corrected chi connectivity index (χ3v) is 5.26. The van der Waals surface area contributed by atoms with E-state index in [-0.39, 0.29) is 5.91 Å². The lowest BCUT2D eigenvalue weighted by Crippen LogP contribution is -2.63. The zero-order valence-electron chi connectivity index (χ0n) is 11.1. The van der Waals surface area contributed by atoms with Crippen molar-refractivity contribution in [2.24, 2.45) is 5.73 Å². The molecule has 0 aromatic carbocycles. The molecular weight excluding hydrogens is 272 g/mol. The molecule has 5 nitrogen and oxygen atoms in total. The van der Waals surface area contributed by atoms with Gasteiger partial charge in [0.15, 0.2) is 0 Å². The van der Waals surface area contributed by atoms with Crippen LogP contribution >= 0.6 is 11.3 Å². The Labute approximate surface area is 121 Å². The molecule has 2 aliphatic heterocycles. The highest BCUT2D eigenvalue weighted by Crippen LogP contribution is 2.29. The molecule has 0 radical (unpaired) electrons. The second-order valence-electron chi connectivity index (χ2n) is 5.49. The van der Waals surface area contributed by atoms with Crippen LogP contribution in [0.1, 0.15) is 16.1 Å².